The number of nitrogens with zero attached hydrogens (tertiary/aromatic N) is 2. The van der Waals surface area contributed by atoms with Crippen molar-refractivity contribution >= 4 is 5.91 Å². The maximum atomic E-state index is 12.4. The number of alkyl halides is 3. The van der Waals surface area contributed by atoms with E-state index in [0.717, 1.165) is 25.0 Å². The van der Waals surface area contributed by atoms with E-state index in [0.29, 0.717) is 25.8 Å². The smallest absolute Gasteiger partial charge is 0.337 e. The van der Waals surface area contributed by atoms with Gasteiger partial charge in [-0.15, -0.1) is 0 Å². The number of hydrogen-bond donors (Lipinski definition) is 1. The number of rotatable bonds is 2. The molecule has 2 heterocycles. The molecule has 1 aromatic rings. The molecule has 20 heavy (non-hydrogen) atoms. The van der Waals surface area contributed by atoms with Gasteiger partial charge in [0.1, 0.15) is 5.69 Å². The van der Waals surface area contributed by atoms with Gasteiger partial charge < -0.3 is 10.6 Å². The van der Waals surface area contributed by atoms with Crippen LogP contribution in [0.5, 0.6) is 0 Å². The van der Waals surface area contributed by atoms with Crippen molar-refractivity contribution in [2.24, 2.45) is 11.7 Å². The quantitative estimate of drug-likeness (QED) is 0.904. The molecule has 1 unspecified atom stereocenters. The summed E-state index contributed by atoms with van der Waals surface area (Å²) < 4.78 is 37.3. The zero-order valence-electron chi connectivity index (χ0n) is 10.9. The van der Waals surface area contributed by atoms with Gasteiger partial charge >= 0.3 is 6.18 Å². The highest BCUT2D eigenvalue weighted by Gasteiger charge is 2.31. The van der Waals surface area contributed by atoms with Gasteiger partial charge in [0.05, 0.1) is 5.56 Å². The second-order valence-corrected chi connectivity index (χ2v) is 4.92. The molecule has 1 aliphatic rings. The molecule has 0 aromatic carbocycles. The van der Waals surface area contributed by atoms with Crippen molar-refractivity contribution < 1.29 is 18.0 Å². The molecule has 1 saturated heterocycles. The predicted octanol–water partition coefficient (Wildman–Crippen LogP) is 1.91. The first-order valence-corrected chi connectivity index (χ1v) is 6.44. The molecular weight excluding hydrogens is 271 g/mol. The molecule has 0 radical (unpaired) electrons. The molecule has 7 heteroatoms. The maximum Gasteiger partial charge on any atom is 0.417 e. The Labute approximate surface area is 114 Å². The van der Waals surface area contributed by atoms with Crippen LogP contribution in [-0.4, -0.2) is 35.4 Å². The number of carbonyl (C=O) groups excluding carboxylic acids is 1. The summed E-state index contributed by atoms with van der Waals surface area (Å²) >= 11 is 0. The molecule has 1 fully saturated rings. The molecule has 0 bridgehead atoms. The van der Waals surface area contributed by atoms with Crippen molar-refractivity contribution in [3.63, 3.8) is 0 Å². The van der Waals surface area contributed by atoms with Crippen LogP contribution in [0.25, 0.3) is 0 Å². The van der Waals surface area contributed by atoms with E-state index in [1.807, 2.05) is 0 Å². The van der Waals surface area contributed by atoms with Gasteiger partial charge in [0.2, 0.25) is 0 Å². The second-order valence-electron chi connectivity index (χ2n) is 4.92. The highest BCUT2D eigenvalue weighted by atomic mass is 19.4. The Bertz CT molecular complexity index is 473. The molecule has 2 N–H and O–H groups in total. The normalized spacial score (nSPS) is 20.0. The molecule has 110 valence electrons. The molecule has 1 atom stereocenters. The van der Waals surface area contributed by atoms with Crippen molar-refractivity contribution in [2.45, 2.75) is 19.0 Å². The van der Waals surface area contributed by atoms with E-state index >= 15 is 0 Å². The largest absolute Gasteiger partial charge is 0.417 e. The molecular formula is C13H16F3N3O. The van der Waals surface area contributed by atoms with E-state index in [2.05, 4.69) is 4.98 Å². The lowest BCUT2D eigenvalue weighted by Gasteiger charge is -2.31. The summed E-state index contributed by atoms with van der Waals surface area (Å²) in [5.41, 5.74) is 4.78. The molecule has 4 nitrogen and oxygen atoms in total. The Morgan fingerprint density at radius 2 is 2.20 bits per heavy atom. The Balaban J connectivity index is 2.09. The van der Waals surface area contributed by atoms with Crippen LogP contribution in [-0.2, 0) is 6.18 Å². The molecule has 1 amide bonds. The first kappa shape index (κ1) is 14.8. The summed E-state index contributed by atoms with van der Waals surface area (Å²) in [6.45, 7) is 1.64. The summed E-state index contributed by atoms with van der Waals surface area (Å²) in [5, 5.41) is 0. The fourth-order valence-corrected chi connectivity index (χ4v) is 2.29. The molecule has 1 aliphatic heterocycles. The van der Waals surface area contributed by atoms with E-state index in [-0.39, 0.29) is 17.5 Å². The Hall–Kier alpha value is -1.63. The fourth-order valence-electron chi connectivity index (χ4n) is 2.29. The van der Waals surface area contributed by atoms with Crippen LogP contribution in [0, 0.1) is 5.92 Å². The minimum Gasteiger partial charge on any atom is -0.337 e. The van der Waals surface area contributed by atoms with Gasteiger partial charge in [-0.05, 0) is 37.4 Å². The first-order valence-electron chi connectivity index (χ1n) is 6.44. The topological polar surface area (TPSA) is 59.2 Å². The lowest BCUT2D eigenvalue weighted by molar-refractivity contribution is -0.137. The number of halogens is 3. The molecule has 0 aliphatic carbocycles. The van der Waals surface area contributed by atoms with Gasteiger partial charge in [-0.25, -0.2) is 0 Å². The molecule has 2 rings (SSSR count). The van der Waals surface area contributed by atoms with Crippen LogP contribution in [0.3, 0.4) is 0 Å². The minimum atomic E-state index is -4.44. The third kappa shape index (κ3) is 3.27. The van der Waals surface area contributed by atoms with Crippen molar-refractivity contribution in [1.29, 1.82) is 0 Å². The van der Waals surface area contributed by atoms with E-state index in [9.17, 15) is 18.0 Å². The number of aromatic nitrogens is 1. The van der Waals surface area contributed by atoms with Crippen molar-refractivity contribution in [3.05, 3.63) is 29.6 Å². The highest BCUT2D eigenvalue weighted by molar-refractivity contribution is 5.92. The summed E-state index contributed by atoms with van der Waals surface area (Å²) in [5.74, 6) is -0.0842. The average Bonchev–Trinajstić information content (AvgIpc) is 2.46. The third-order valence-corrected chi connectivity index (χ3v) is 3.45. The summed E-state index contributed by atoms with van der Waals surface area (Å²) in [7, 11) is 0. The van der Waals surface area contributed by atoms with Gasteiger partial charge in [-0.3, -0.25) is 9.78 Å². The number of carbonyl (C=O) groups is 1. The van der Waals surface area contributed by atoms with Crippen LogP contribution in [0.4, 0.5) is 13.2 Å². The van der Waals surface area contributed by atoms with Gasteiger partial charge in [0.15, 0.2) is 0 Å². The van der Waals surface area contributed by atoms with Crippen LogP contribution in [0.15, 0.2) is 18.3 Å². The minimum absolute atomic E-state index is 0.0377. The third-order valence-electron chi connectivity index (χ3n) is 3.45. The van der Waals surface area contributed by atoms with E-state index in [1.54, 1.807) is 4.90 Å². The zero-order valence-corrected chi connectivity index (χ0v) is 10.9. The van der Waals surface area contributed by atoms with Crippen molar-refractivity contribution in [1.82, 2.24) is 9.88 Å². The summed E-state index contributed by atoms with van der Waals surface area (Å²) in [4.78, 5) is 17.4. The maximum absolute atomic E-state index is 12.4. The van der Waals surface area contributed by atoms with Crippen LogP contribution >= 0.6 is 0 Å². The number of nitrogens with two attached hydrogens (primary N) is 1. The average molecular weight is 287 g/mol. The SMILES string of the molecule is NCC1CCCN(C(=O)c2ccc(C(F)(F)F)cn2)C1. The van der Waals surface area contributed by atoms with Gasteiger partial charge in [-0.2, -0.15) is 13.2 Å². The van der Waals surface area contributed by atoms with Crippen molar-refractivity contribution in [3.8, 4) is 0 Å². The Morgan fingerprint density at radius 1 is 1.45 bits per heavy atom. The number of hydrogen-bond acceptors (Lipinski definition) is 3. The number of piperidine rings is 1. The number of pyridine rings is 1. The number of amides is 1. The van der Waals surface area contributed by atoms with E-state index in [4.69, 9.17) is 5.73 Å². The Kier molecular flexibility index (Phi) is 4.27. The van der Waals surface area contributed by atoms with Crippen LogP contribution < -0.4 is 5.73 Å². The molecule has 1 aromatic heterocycles. The van der Waals surface area contributed by atoms with Crippen LogP contribution in [0.1, 0.15) is 28.9 Å². The summed E-state index contributed by atoms with van der Waals surface area (Å²) in [6, 6.07) is 2.00. The van der Waals surface area contributed by atoms with Crippen molar-refractivity contribution in [2.75, 3.05) is 19.6 Å². The molecule has 0 spiro atoms. The standard InChI is InChI=1S/C13H16F3N3O/c14-13(15,16)10-3-4-11(18-7-10)12(20)19-5-1-2-9(6-17)8-19/h3-4,7,9H,1-2,5-6,8,17H2. The first-order chi connectivity index (χ1) is 9.41. The predicted molar refractivity (Wildman–Crippen MR) is 66.9 cm³/mol. The Morgan fingerprint density at radius 3 is 2.75 bits per heavy atom. The lowest BCUT2D eigenvalue weighted by Crippen LogP contribution is -2.42. The van der Waals surface area contributed by atoms with E-state index in [1.165, 1.54) is 0 Å². The van der Waals surface area contributed by atoms with Gasteiger partial charge in [0, 0.05) is 19.3 Å². The molecule has 0 saturated carbocycles. The monoisotopic (exact) mass is 287 g/mol. The second kappa shape index (κ2) is 5.78. The van der Waals surface area contributed by atoms with Gasteiger partial charge in [-0.1, -0.05) is 0 Å². The van der Waals surface area contributed by atoms with Crippen LogP contribution in [0.2, 0.25) is 0 Å². The zero-order chi connectivity index (χ0) is 14.8. The van der Waals surface area contributed by atoms with E-state index < -0.39 is 11.7 Å². The lowest BCUT2D eigenvalue weighted by atomic mass is 9.98. The van der Waals surface area contributed by atoms with Gasteiger partial charge in [0.25, 0.3) is 5.91 Å². The number of likely N-dealkylation sites (tertiary alicyclic amines) is 1. The highest BCUT2D eigenvalue weighted by Crippen LogP contribution is 2.28. The summed E-state index contributed by atoms with van der Waals surface area (Å²) in [6.07, 6.45) is -1.92. The fraction of sp³-hybridized carbons (Fsp3) is 0.538.